The molecule has 0 bridgehead atoms. The molecule has 2 aromatic rings. The Morgan fingerprint density at radius 2 is 2.21 bits per heavy atom. The third-order valence-electron chi connectivity index (χ3n) is 2.48. The topological polar surface area (TPSA) is 64.4 Å². The van der Waals surface area contributed by atoms with Gasteiger partial charge in [-0.15, -0.1) is 11.3 Å². The first kappa shape index (κ1) is 13.6. The highest BCUT2D eigenvalue weighted by molar-refractivity contribution is 7.16. The van der Waals surface area contributed by atoms with E-state index in [1.54, 1.807) is 6.07 Å². The van der Waals surface area contributed by atoms with Crippen molar-refractivity contribution in [1.82, 2.24) is 0 Å². The minimum absolute atomic E-state index is 0.00145. The molecule has 1 aromatic carbocycles. The molecule has 0 saturated heterocycles. The third-order valence-corrected chi connectivity index (χ3v) is 3.71. The molecule has 2 rings (SSSR count). The highest BCUT2D eigenvalue weighted by Crippen LogP contribution is 2.30. The van der Waals surface area contributed by atoms with Crippen LogP contribution in [0.4, 0.5) is 11.4 Å². The van der Waals surface area contributed by atoms with Crippen LogP contribution in [0.1, 0.15) is 4.88 Å². The van der Waals surface area contributed by atoms with Gasteiger partial charge >= 0.3 is 0 Å². The second kappa shape index (κ2) is 5.90. The summed E-state index contributed by atoms with van der Waals surface area (Å²) in [4.78, 5) is 11.3. The molecule has 1 heterocycles. The van der Waals surface area contributed by atoms with Crippen LogP contribution >= 0.6 is 22.9 Å². The normalized spacial score (nSPS) is 10.2. The molecular weight excluding hydrogens is 288 g/mol. The molecule has 0 spiro atoms. The molecule has 1 N–H and O–H groups in total. The fourth-order valence-electron chi connectivity index (χ4n) is 1.57. The van der Waals surface area contributed by atoms with E-state index in [-0.39, 0.29) is 5.69 Å². The van der Waals surface area contributed by atoms with E-state index < -0.39 is 4.92 Å². The van der Waals surface area contributed by atoms with Crippen molar-refractivity contribution in [2.75, 3.05) is 12.4 Å². The first-order valence-corrected chi connectivity index (χ1v) is 6.60. The lowest BCUT2D eigenvalue weighted by Crippen LogP contribution is -2.00. The fourth-order valence-corrected chi connectivity index (χ4v) is 2.60. The molecule has 0 fully saturated rings. The summed E-state index contributed by atoms with van der Waals surface area (Å²) >= 11 is 7.33. The van der Waals surface area contributed by atoms with Crippen molar-refractivity contribution in [3.8, 4) is 5.75 Å². The summed E-state index contributed by atoms with van der Waals surface area (Å²) in [5, 5.41) is 13.8. The van der Waals surface area contributed by atoms with Crippen LogP contribution in [0, 0.1) is 10.1 Å². The number of nitrogens with one attached hydrogen (secondary N) is 1. The van der Waals surface area contributed by atoms with Crippen molar-refractivity contribution in [2.24, 2.45) is 0 Å². The van der Waals surface area contributed by atoms with Crippen LogP contribution in [0.2, 0.25) is 4.34 Å². The highest BCUT2D eigenvalue weighted by atomic mass is 35.5. The number of hydrogen-bond donors (Lipinski definition) is 1. The number of non-ortho nitro benzene ring substituents is 1. The zero-order chi connectivity index (χ0) is 13.8. The van der Waals surface area contributed by atoms with Crippen molar-refractivity contribution >= 4 is 34.3 Å². The van der Waals surface area contributed by atoms with E-state index in [1.165, 1.54) is 30.6 Å². The summed E-state index contributed by atoms with van der Waals surface area (Å²) in [6.45, 7) is 0.589. The Bertz CT molecular complexity index is 600. The average Bonchev–Trinajstić information content (AvgIpc) is 2.81. The summed E-state index contributed by atoms with van der Waals surface area (Å²) in [6.07, 6.45) is 0. The van der Waals surface area contributed by atoms with E-state index in [0.29, 0.717) is 18.0 Å². The molecule has 0 amide bonds. The van der Waals surface area contributed by atoms with Crippen molar-refractivity contribution in [3.05, 3.63) is 49.7 Å². The van der Waals surface area contributed by atoms with Crippen LogP contribution in [0.15, 0.2) is 30.3 Å². The van der Waals surface area contributed by atoms with Crippen molar-refractivity contribution in [1.29, 1.82) is 0 Å². The standard InChI is InChI=1S/C12H11ClN2O3S/c1-18-11-6-8(15(16)17)2-4-10(11)14-7-9-3-5-12(13)19-9/h2-6,14H,7H2,1H3. The van der Waals surface area contributed by atoms with E-state index >= 15 is 0 Å². The lowest BCUT2D eigenvalue weighted by molar-refractivity contribution is -0.384. The van der Waals surface area contributed by atoms with Crippen LogP contribution in [0.5, 0.6) is 5.75 Å². The molecule has 0 saturated carbocycles. The summed E-state index contributed by atoms with van der Waals surface area (Å²) < 4.78 is 5.87. The molecule has 0 atom stereocenters. The molecule has 0 aliphatic rings. The second-order valence-electron chi connectivity index (χ2n) is 3.70. The van der Waals surface area contributed by atoms with E-state index in [4.69, 9.17) is 16.3 Å². The SMILES string of the molecule is COc1cc([N+](=O)[O-])ccc1NCc1ccc(Cl)s1. The Kier molecular flexibility index (Phi) is 4.24. The predicted octanol–water partition coefficient (Wildman–Crippen LogP) is 3.93. The van der Waals surface area contributed by atoms with Gasteiger partial charge in [0.1, 0.15) is 5.75 Å². The van der Waals surface area contributed by atoms with E-state index in [1.807, 2.05) is 12.1 Å². The zero-order valence-corrected chi connectivity index (χ0v) is 11.6. The smallest absolute Gasteiger partial charge is 0.273 e. The van der Waals surface area contributed by atoms with E-state index in [9.17, 15) is 10.1 Å². The van der Waals surface area contributed by atoms with Gasteiger partial charge in [-0.25, -0.2) is 0 Å². The molecule has 1 aromatic heterocycles. The summed E-state index contributed by atoms with van der Waals surface area (Å²) in [5.41, 5.74) is 0.708. The second-order valence-corrected chi connectivity index (χ2v) is 5.50. The van der Waals surface area contributed by atoms with Crippen LogP contribution in [0.3, 0.4) is 0 Å². The summed E-state index contributed by atoms with van der Waals surface area (Å²) in [6, 6.07) is 8.22. The molecule has 100 valence electrons. The van der Waals surface area contributed by atoms with Gasteiger partial charge in [0.25, 0.3) is 5.69 Å². The number of nitro groups is 1. The number of rotatable bonds is 5. The maximum atomic E-state index is 10.7. The number of nitrogens with zero attached hydrogens (tertiary/aromatic N) is 1. The number of thiophene rings is 1. The number of methoxy groups -OCH3 is 1. The number of anilines is 1. The zero-order valence-electron chi connectivity index (χ0n) is 10.1. The number of ether oxygens (including phenoxy) is 1. The first-order valence-electron chi connectivity index (χ1n) is 5.40. The monoisotopic (exact) mass is 298 g/mol. The van der Waals surface area contributed by atoms with Gasteiger partial charge in [0.05, 0.1) is 28.1 Å². The van der Waals surface area contributed by atoms with Crippen LogP contribution < -0.4 is 10.1 Å². The molecule has 7 heteroatoms. The van der Waals surface area contributed by atoms with Gasteiger partial charge in [-0.2, -0.15) is 0 Å². The van der Waals surface area contributed by atoms with Gasteiger partial charge in [0.15, 0.2) is 0 Å². The molecular formula is C12H11ClN2O3S. The van der Waals surface area contributed by atoms with E-state index in [0.717, 1.165) is 9.21 Å². The number of benzene rings is 1. The number of hydrogen-bond acceptors (Lipinski definition) is 5. The quantitative estimate of drug-likeness (QED) is 0.671. The van der Waals surface area contributed by atoms with Crippen LogP contribution in [0.25, 0.3) is 0 Å². The average molecular weight is 299 g/mol. The Hall–Kier alpha value is -1.79. The maximum Gasteiger partial charge on any atom is 0.273 e. The molecule has 5 nitrogen and oxygen atoms in total. The first-order chi connectivity index (χ1) is 9.10. The van der Waals surface area contributed by atoms with Crippen molar-refractivity contribution < 1.29 is 9.66 Å². The molecule has 0 unspecified atom stereocenters. The Morgan fingerprint density at radius 3 is 2.79 bits per heavy atom. The van der Waals surface area contributed by atoms with Gasteiger partial charge in [0.2, 0.25) is 0 Å². The Balaban J connectivity index is 2.13. The predicted molar refractivity (Wildman–Crippen MR) is 76.3 cm³/mol. The lowest BCUT2D eigenvalue weighted by atomic mass is 10.2. The minimum Gasteiger partial charge on any atom is -0.494 e. The fraction of sp³-hybridized carbons (Fsp3) is 0.167. The molecule has 0 aliphatic carbocycles. The van der Waals surface area contributed by atoms with Crippen LogP contribution in [-0.2, 0) is 6.54 Å². The number of halogens is 1. The minimum atomic E-state index is -0.453. The lowest BCUT2D eigenvalue weighted by Gasteiger charge is -2.09. The Morgan fingerprint density at radius 1 is 1.42 bits per heavy atom. The van der Waals surface area contributed by atoms with E-state index in [2.05, 4.69) is 5.32 Å². The Labute approximate surface area is 118 Å². The van der Waals surface area contributed by atoms with Gasteiger partial charge in [-0.3, -0.25) is 10.1 Å². The highest BCUT2D eigenvalue weighted by Gasteiger charge is 2.11. The van der Waals surface area contributed by atoms with Crippen LogP contribution in [-0.4, -0.2) is 12.0 Å². The maximum absolute atomic E-state index is 10.7. The number of nitro benzene ring substituents is 1. The largest absolute Gasteiger partial charge is 0.494 e. The molecule has 19 heavy (non-hydrogen) atoms. The van der Waals surface area contributed by atoms with Gasteiger partial charge < -0.3 is 10.1 Å². The van der Waals surface area contributed by atoms with Crippen molar-refractivity contribution in [2.45, 2.75) is 6.54 Å². The molecule has 0 radical (unpaired) electrons. The summed E-state index contributed by atoms with van der Waals surface area (Å²) in [5.74, 6) is 0.442. The summed E-state index contributed by atoms with van der Waals surface area (Å²) in [7, 11) is 1.48. The van der Waals surface area contributed by atoms with Gasteiger partial charge in [-0.05, 0) is 18.2 Å². The third kappa shape index (κ3) is 3.36. The van der Waals surface area contributed by atoms with Crippen molar-refractivity contribution in [3.63, 3.8) is 0 Å². The molecule has 0 aliphatic heterocycles. The van der Waals surface area contributed by atoms with Gasteiger partial charge in [-0.1, -0.05) is 11.6 Å². The van der Waals surface area contributed by atoms with Gasteiger partial charge in [0, 0.05) is 17.5 Å².